The van der Waals surface area contributed by atoms with E-state index in [0.717, 1.165) is 4.57 Å². The fourth-order valence-electron chi connectivity index (χ4n) is 2.26. The lowest BCUT2D eigenvalue weighted by molar-refractivity contribution is -0.122. The van der Waals surface area contributed by atoms with Crippen molar-refractivity contribution in [2.75, 3.05) is 12.3 Å². The molecule has 2 heterocycles. The topological polar surface area (TPSA) is 131 Å². The lowest BCUT2D eigenvalue weighted by Gasteiger charge is -2.28. The van der Waals surface area contributed by atoms with Crippen LogP contribution in [0.3, 0.4) is 0 Å². The highest BCUT2D eigenvalue weighted by molar-refractivity contribution is 5.24. The molecule has 1 fully saturated rings. The summed E-state index contributed by atoms with van der Waals surface area (Å²) in [5.41, 5.74) is 1.56. The molecule has 1 aliphatic heterocycles. The van der Waals surface area contributed by atoms with Crippen LogP contribution in [0.1, 0.15) is 20.1 Å². The average molecular weight is 271 g/mol. The zero-order valence-corrected chi connectivity index (χ0v) is 10.6. The Morgan fingerprint density at radius 1 is 1.58 bits per heavy atom. The summed E-state index contributed by atoms with van der Waals surface area (Å²) in [6.45, 7) is 2.27. The summed E-state index contributed by atoms with van der Waals surface area (Å²) in [6.07, 6.45) is -1.21. The highest BCUT2D eigenvalue weighted by Gasteiger charge is 2.59. The predicted octanol–water partition coefficient (Wildman–Crippen LogP) is -1.78. The Bertz CT molecular complexity index is 543. The number of aliphatic hydroxyl groups is 3. The Kier molecular flexibility index (Phi) is 3.13. The minimum Gasteiger partial charge on any atom is -0.393 e. The van der Waals surface area contributed by atoms with E-state index in [2.05, 4.69) is 4.98 Å². The molecular weight excluding hydrogens is 254 g/mol. The van der Waals surface area contributed by atoms with E-state index in [1.807, 2.05) is 0 Å². The lowest BCUT2D eigenvalue weighted by atomic mass is 9.89. The zero-order chi connectivity index (χ0) is 14.4. The molecule has 1 aromatic rings. The minimum atomic E-state index is -1.75. The van der Waals surface area contributed by atoms with Gasteiger partial charge in [-0.2, -0.15) is 4.98 Å². The van der Waals surface area contributed by atoms with E-state index >= 15 is 0 Å². The molecule has 0 aliphatic carbocycles. The van der Waals surface area contributed by atoms with Gasteiger partial charge in [-0.05, 0) is 19.9 Å². The normalized spacial score (nSPS) is 38.6. The van der Waals surface area contributed by atoms with Crippen LogP contribution in [0.15, 0.2) is 17.1 Å². The van der Waals surface area contributed by atoms with Crippen LogP contribution < -0.4 is 11.4 Å². The number of hydrogen-bond donors (Lipinski definition) is 4. The van der Waals surface area contributed by atoms with Gasteiger partial charge in [0.1, 0.15) is 23.1 Å². The Labute approximate surface area is 109 Å². The third kappa shape index (κ3) is 2.02. The van der Waals surface area contributed by atoms with Crippen LogP contribution in [0.2, 0.25) is 0 Å². The van der Waals surface area contributed by atoms with Gasteiger partial charge in [-0.3, -0.25) is 4.57 Å². The minimum absolute atomic E-state index is 0.0457. The Hall–Kier alpha value is -1.48. The van der Waals surface area contributed by atoms with Crippen molar-refractivity contribution in [2.45, 2.75) is 37.4 Å². The molecule has 106 valence electrons. The second-order valence-corrected chi connectivity index (χ2v) is 5.11. The van der Waals surface area contributed by atoms with Gasteiger partial charge >= 0.3 is 5.69 Å². The van der Waals surface area contributed by atoms with Crippen molar-refractivity contribution in [1.82, 2.24) is 9.55 Å². The number of nitrogens with zero attached hydrogens (tertiary/aromatic N) is 2. The number of aromatic nitrogens is 2. The maximum atomic E-state index is 11.8. The molecule has 4 atom stereocenters. The van der Waals surface area contributed by atoms with Crippen molar-refractivity contribution in [3.05, 3.63) is 22.7 Å². The van der Waals surface area contributed by atoms with E-state index in [0.29, 0.717) is 0 Å². The molecule has 5 N–H and O–H groups in total. The molecule has 1 saturated heterocycles. The van der Waals surface area contributed by atoms with Crippen LogP contribution in [-0.4, -0.2) is 48.8 Å². The Balaban J connectivity index is 2.48. The van der Waals surface area contributed by atoms with E-state index in [1.165, 1.54) is 26.1 Å². The smallest absolute Gasteiger partial charge is 0.351 e. The molecule has 8 nitrogen and oxygen atoms in total. The number of nitrogens with two attached hydrogens (primary N) is 1. The zero-order valence-electron chi connectivity index (χ0n) is 10.6. The standard InChI is InChI=1S/C11H17N3O5/c1-10(5-15)7(16)11(2,18)8(19-10)14-4-3-6(12)13-9(14)17/h3-4,7-8,15-16,18H,5H2,1-2H3,(H2,12,13,17)/t7-,8+,10+,11?/m0/s1. The number of anilines is 1. The molecule has 0 amide bonds. The van der Waals surface area contributed by atoms with Crippen LogP contribution in [0, 0.1) is 0 Å². The van der Waals surface area contributed by atoms with Gasteiger partial charge in [0.25, 0.3) is 0 Å². The van der Waals surface area contributed by atoms with Gasteiger partial charge in [0, 0.05) is 6.20 Å². The summed E-state index contributed by atoms with van der Waals surface area (Å²) in [4.78, 5) is 15.3. The summed E-state index contributed by atoms with van der Waals surface area (Å²) in [5, 5.41) is 29.7. The van der Waals surface area contributed by atoms with Crippen LogP contribution in [0.4, 0.5) is 5.82 Å². The summed E-state index contributed by atoms with van der Waals surface area (Å²) in [6, 6.07) is 1.38. The molecule has 0 saturated carbocycles. The molecule has 1 aliphatic rings. The highest BCUT2D eigenvalue weighted by Crippen LogP contribution is 2.43. The molecule has 8 heteroatoms. The molecule has 0 radical (unpaired) electrons. The molecule has 1 unspecified atom stereocenters. The quantitative estimate of drug-likeness (QED) is 0.500. The third-order valence-corrected chi connectivity index (χ3v) is 3.43. The summed E-state index contributed by atoms with van der Waals surface area (Å²) >= 11 is 0. The molecule has 0 spiro atoms. The fraction of sp³-hybridized carbons (Fsp3) is 0.636. The van der Waals surface area contributed by atoms with Gasteiger partial charge in [0.2, 0.25) is 0 Å². The van der Waals surface area contributed by atoms with E-state index in [4.69, 9.17) is 10.5 Å². The molecule has 1 aromatic heterocycles. The third-order valence-electron chi connectivity index (χ3n) is 3.43. The van der Waals surface area contributed by atoms with Crippen LogP contribution in [0.25, 0.3) is 0 Å². The fourth-order valence-corrected chi connectivity index (χ4v) is 2.26. The van der Waals surface area contributed by atoms with Gasteiger partial charge in [-0.15, -0.1) is 0 Å². The van der Waals surface area contributed by atoms with Crippen molar-refractivity contribution in [3.8, 4) is 0 Å². The summed E-state index contributed by atoms with van der Waals surface area (Å²) < 4.78 is 6.49. The van der Waals surface area contributed by atoms with E-state index in [9.17, 15) is 20.1 Å². The second-order valence-electron chi connectivity index (χ2n) is 5.11. The first-order chi connectivity index (χ1) is 8.72. The first kappa shape index (κ1) is 13.9. The van der Waals surface area contributed by atoms with Gasteiger partial charge in [-0.1, -0.05) is 0 Å². The van der Waals surface area contributed by atoms with Crippen LogP contribution in [0.5, 0.6) is 0 Å². The summed E-state index contributed by atoms with van der Waals surface area (Å²) in [7, 11) is 0. The van der Waals surface area contributed by atoms with Gasteiger partial charge in [-0.25, -0.2) is 4.79 Å². The van der Waals surface area contributed by atoms with Crippen molar-refractivity contribution in [2.24, 2.45) is 0 Å². The predicted molar refractivity (Wildman–Crippen MR) is 65.2 cm³/mol. The molecule has 19 heavy (non-hydrogen) atoms. The van der Waals surface area contributed by atoms with Gasteiger partial charge in [0.15, 0.2) is 6.23 Å². The second kappa shape index (κ2) is 4.27. The number of nitrogen functional groups attached to an aromatic ring is 1. The van der Waals surface area contributed by atoms with E-state index in [1.54, 1.807) is 0 Å². The Morgan fingerprint density at radius 3 is 2.68 bits per heavy atom. The highest BCUT2D eigenvalue weighted by atomic mass is 16.6. The molecule has 2 rings (SSSR count). The first-order valence-corrected chi connectivity index (χ1v) is 5.76. The van der Waals surface area contributed by atoms with E-state index in [-0.39, 0.29) is 5.82 Å². The van der Waals surface area contributed by atoms with Crippen LogP contribution >= 0.6 is 0 Å². The largest absolute Gasteiger partial charge is 0.393 e. The first-order valence-electron chi connectivity index (χ1n) is 5.76. The Morgan fingerprint density at radius 2 is 2.21 bits per heavy atom. The number of ether oxygens (including phenoxy) is 1. The van der Waals surface area contributed by atoms with Crippen molar-refractivity contribution < 1.29 is 20.1 Å². The maximum absolute atomic E-state index is 11.8. The monoisotopic (exact) mass is 271 g/mol. The maximum Gasteiger partial charge on any atom is 0.351 e. The van der Waals surface area contributed by atoms with Gasteiger partial charge < -0.3 is 25.8 Å². The van der Waals surface area contributed by atoms with Crippen molar-refractivity contribution in [3.63, 3.8) is 0 Å². The van der Waals surface area contributed by atoms with Crippen molar-refractivity contribution in [1.29, 1.82) is 0 Å². The van der Waals surface area contributed by atoms with Gasteiger partial charge in [0.05, 0.1) is 6.61 Å². The average Bonchev–Trinajstić information content (AvgIpc) is 2.51. The molecular formula is C11H17N3O5. The summed E-state index contributed by atoms with van der Waals surface area (Å²) in [5.74, 6) is 0.0457. The molecule has 0 bridgehead atoms. The van der Waals surface area contributed by atoms with Crippen LogP contribution in [-0.2, 0) is 4.74 Å². The van der Waals surface area contributed by atoms with E-state index < -0.39 is 35.8 Å². The lowest BCUT2D eigenvalue weighted by Crippen LogP contribution is -2.50. The number of hydrogen-bond acceptors (Lipinski definition) is 7. The number of rotatable bonds is 2. The SMILES string of the molecule is CC1(O)[C@@H](O)[C@@](C)(CO)O[C@H]1n1ccc(N)nc1=O. The number of aliphatic hydroxyl groups excluding tert-OH is 2. The van der Waals surface area contributed by atoms with Crippen molar-refractivity contribution >= 4 is 5.82 Å². The molecule has 0 aromatic carbocycles.